The van der Waals surface area contributed by atoms with Gasteiger partial charge in [0, 0.05) is 0 Å². The molecule has 2 N–H and O–H groups in total. The summed E-state index contributed by atoms with van der Waals surface area (Å²) in [6.45, 7) is 1.58. The Kier molecular flexibility index (Phi) is 8.30. The van der Waals surface area contributed by atoms with Crippen molar-refractivity contribution in [3.05, 3.63) is 56.1 Å². The van der Waals surface area contributed by atoms with Gasteiger partial charge in [-0.15, -0.1) is 0 Å². The van der Waals surface area contributed by atoms with Crippen LogP contribution in [0.2, 0.25) is 5.02 Å². The number of rotatable bonds is 8. The summed E-state index contributed by atoms with van der Waals surface area (Å²) in [6.07, 6.45) is 1.40. The summed E-state index contributed by atoms with van der Waals surface area (Å²) in [5.74, 6) is -1.13. The number of nitrogens with one attached hydrogen (secondary N) is 1. The Bertz CT molecular complexity index is 1000. The van der Waals surface area contributed by atoms with Crippen LogP contribution >= 0.6 is 34.2 Å². The molecule has 1 amide bonds. The Hall–Kier alpha value is -2.77. The number of anilines is 1. The van der Waals surface area contributed by atoms with Gasteiger partial charge in [-0.1, -0.05) is 23.7 Å². The van der Waals surface area contributed by atoms with Crippen molar-refractivity contribution in [3.63, 3.8) is 0 Å². The molecule has 0 fully saturated rings. The van der Waals surface area contributed by atoms with Crippen molar-refractivity contribution in [1.82, 2.24) is 0 Å². The summed E-state index contributed by atoms with van der Waals surface area (Å²) < 4.78 is 11.4. The van der Waals surface area contributed by atoms with Gasteiger partial charge in [-0.25, -0.2) is 4.79 Å². The second-order valence-electron chi connectivity index (χ2n) is 5.55. The van der Waals surface area contributed by atoms with Crippen LogP contribution < -0.4 is 14.8 Å². The first-order valence-electron chi connectivity index (χ1n) is 8.34. The average molecular weight is 527 g/mol. The maximum atomic E-state index is 12.5. The molecule has 0 saturated heterocycles. The van der Waals surface area contributed by atoms with Gasteiger partial charge in [-0.2, -0.15) is 5.26 Å². The lowest BCUT2D eigenvalue weighted by atomic mass is 10.1. The van der Waals surface area contributed by atoms with Crippen LogP contribution in [0.3, 0.4) is 0 Å². The SMILES string of the molecule is CCOc1cc(/C=C(\C#N)C(=O)Nc2ccccc2Cl)cc(I)c1OCC(=O)O. The third-order valence-electron chi connectivity index (χ3n) is 3.47. The predicted octanol–water partition coefficient (Wildman–Crippen LogP) is 4.35. The molecule has 0 aromatic heterocycles. The number of amides is 1. The van der Waals surface area contributed by atoms with Crippen molar-refractivity contribution in [2.24, 2.45) is 0 Å². The Balaban J connectivity index is 2.34. The third kappa shape index (κ3) is 6.37. The van der Waals surface area contributed by atoms with E-state index in [9.17, 15) is 14.9 Å². The van der Waals surface area contributed by atoms with E-state index in [1.807, 2.05) is 28.7 Å². The van der Waals surface area contributed by atoms with E-state index in [4.69, 9.17) is 26.2 Å². The lowest BCUT2D eigenvalue weighted by Gasteiger charge is -2.14. The topological polar surface area (TPSA) is 109 Å². The highest BCUT2D eigenvalue weighted by atomic mass is 127. The molecule has 9 heteroatoms. The average Bonchev–Trinajstić information content (AvgIpc) is 2.67. The quantitative estimate of drug-likeness (QED) is 0.301. The second kappa shape index (κ2) is 10.7. The first kappa shape index (κ1) is 22.5. The molecule has 0 saturated carbocycles. The van der Waals surface area contributed by atoms with E-state index in [0.717, 1.165) is 0 Å². The zero-order valence-corrected chi connectivity index (χ0v) is 18.2. The number of aliphatic carboxylic acids is 1. The van der Waals surface area contributed by atoms with Gasteiger partial charge < -0.3 is 19.9 Å². The maximum absolute atomic E-state index is 12.5. The van der Waals surface area contributed by atoms with Crippen molar-refractivity contribution in [2.75, 3.05) is 18.5 Å². The van der Waals surface area contributed by atoms with Gasteiger partial charge in [0.05, 0.1) is 20.9 Å². The fraction of sp³-hybridized carbons (Fsp3) is 0.150. The van der Waals surface area contributed by atoms with E-state index in [0.29, 0.717) is 32.2 Å². The van der Waals surface area contributed by atoms with Gasteiger partial charge in [-0.05, 0) is 65.4 Å². The van der Waals surface area contributed by atoms with Crippen LogP contribution in [0.1, 0.15) is 12.5 Å². The van der Waals surface area contributed by atoms with Gasteiger partial charge in [0.2, 0.25) is 0 Å². The zero-order chi connectivity index (χ0) is 21.4. The number of benzene rings is 2. The van der Waals surface area contributed by atoms with E-state index in [-0.39, 0.29) is 11.3 Å². The Morgan fingerprint density at radius 2 is 2.03 bits per heavy atom. The summed E-state index contributed by atoms with van der Waals surface area (Å²) >= 11 is 8.00. The number of nitriles is 1. The number of halogens is 2. The molecule has 0 unspecified atom stereocenters. The van der Waals surface area contributed by atoms with Crippen molar-refractivity contribution < 1.29 is 24.2 Å². The van der Waals surface area contributed by atoms with Crippen LogP contribution in [-0.2, 0) is 9.59 Å². The minimum Gasteiger partial charge on any atom is -0.490 e. The fourth-order valence-corrected chi connectivity index (χ4v) is 3.24. The molecule has 0 bridgehead atoms. The predicted molar refractivity (Wildman–Crippen MR) is 117 cm³/mol. The molecule has 0 aliphatic heterocycles. The highest BCUT2D eigenvalue weighted by Crippen LogP contribution is 2.35. The molecule has 0 atom stereocenters. The van der Waals surface area contributed by atoms with E-state index < -0.39 is 18.5 Å². The molecule has 0 aliphatic carbocycles. The lowest BCUT2D eigenvalue weighted by Crippen LogP contribution is -2.14. The third-order valence-corrected chi connectivity index (χ3v) is 4.60. The van der Waals surface area contributed by atoms with Crippen LogP contribution in [-0.4, -0.2) is 30.2 Å². The molecule has 0 radical (unpaired) electrons. The molecule has 7 nitrogen and oxygen atoms in total. The number of para-hydroxylation sites is 1. The van der Waals surface area contributed by atoms with E-state index >= 15 is 0 Å². The smallest absolute Gasteiger partial charge is 0.341 e. The largest absolute Gasteiger partial charge is 0.490 e. The normalized spacial score (nSPS) is 10.8. The van der Waals surface area contributed by atoms with Crippen LogP contribution in [0.4, 0.5) is 5.69 Å². The number of carboxylic acids is 1. The zero-order valence-electron chi connectivity index (χ0n) is 15.2. The summed E-state index contributed by atoms with van der Waals surface area (Å²) in [5.41, 5.74) is 0.774. The number of carbonyl (C=O) groups is 2. The van der Waals surface area contributed by atoms with Crippen LogP contribution in [0.15, 0.2) is 42.0 Å². The lowest BCUT2D eigenvalue weighted by molar-refractivity contribution is -0.139. The van der Waals surface area contributed by atoms with Gasteiger partial charge >= 0.3 is 5.97 Å². The van der Waals surface area contributed by atoms with Crippen molar-refractivity contribution in [2.45, 2.75) is 6.92 Å². The van der Waals surface area contributed by atoms with Crippen LogP contribution in [0.25, 0.3) is 6.08 Å². The van der Waals surface area contributed by atoms with Gasteiger partial charge in [0.25, 0.3) is 5.91 Å². The molecule has 0 spiro atoms. The minimum absolute atomic E-state index is 0.137. The maximum Gasteiger partial charge on any atom is 0.341 e. The molecule has 2 aromatic rings. The second-order valence-corrected chi connectivity index (χ2v) is 7.12. The van der Waals surface area contributed by atoms with Crippen molar-refractivity contribution >= 4 is 57.8 Å². The van der Waals surface area contributed by atoms with E-state index in [1.54, 1.807) is 43.3 Å². The Morgan fingerprint density at radius 3 is 2.66 bits per heavy atom. The number of carbonyl (C=O) groups excluding carboxylic acids is 1. The fourth-order valence-electron chi connectivity index (χ4n) is 2.28. The first-order valence-corrected chi connectivity index (χ1v) is 9.80. The molecule has 2 aromatic carbocycles. The molecule has 29 heavy (non-hydrogen) atoms. The van der Waals surface area contributed by atoms with Gasteiger partial charge in [0.1, 0.15) is 11.6 Å². The number of ether oxygens (including phenoxy) is 2. The summed E-state index contributed by atoms with van der Waals surface area (Å²) in [7, 11) is 0. The monoisotopic (exact) mass is 526 g/mol. The summed E-state index contributed by atoms with van der Waals surface area (Å²) in [6, 6.07) is 11.8. The number of nitrogens with zero attached hydrogens (tertiary/aromatic N) is 1. The van der Waals surface area contributed by atoms with Crippen LogP contribution in [0, 0.1) is 14.9 Å². The van der Waals surface area contributed by atoms with Crippen molar-refractivity contribution in [1.29, 1.82) is 5.26 Å². The first-order chi connectivity index (χ1) is 13.8. The molecule has 0 heterocycles. The van der Waals surface area contributed by atoms with Crippen molar-refractivity contribution in [3.8, 4) is 17.6 Å². The summed E-state index contributed by atoms with van der Waals surface area (Å²) in [5, 5.41) is 21.2. The molecule has 150 valence electrons. The van der Waals surface area contributed by atoms with E-state index in [1.165, 1.54) is 6.08 Å². The summed E-state index contributed by atoms with van der Waals surface area (Å²) in [4.78, 5) is 23.2. The van der Waals surface area contributed by atoms with E-state index in [2.05, 4.69) is 5.32 Å². The highest BCUT2D eigenvalue weighted by Gasteiger charge is 2.16. The van der Waals surface area contributed by atoms with Gasteiger partial charge in [-0.3, -0.25) is 4.79 Å². The Morgan fingerprint density at radius 1 is 1.31 bits per heavy atom. The molecule has 0 aliphatic rings. The number of carboxylic acid groups (broad SMARTS) is 1. The molecule has 2 rings (SSSR count). The number of hydrogen-bond donors (Lipinski definition) is 2. The minimum atomic E-state index is -1.12. The molecular weight excluding hydrogens is 511 g/mol. The number of hydrogen-bond acceptors (Lipinski definition) is 5. The molecular formula is C20H16ClIN2O5. The Labute approximate surface area is 186 Å². The van der Waals surface area contributed by atoms with Gasteiger partial charge in [0.15, 0.2) is 18.1 Å². The highest BCUT2D eigenvalue weighted by molar-refractivity contribution is 14.1. The standard InChI is InChI=1S/C20H16ClIN2O5/c1-2-28-17-9-12(8-15(22)19(17)29-11-18(25)26)7-13(10-23)20(27)24-16-6-4-3-5-14(16)21/h3-9H,2,11H2,1H3,(H,24,27)(H,25,26)/b13-7+. The van der Waals surface area contributed by atoms with Crippen LogP contribution in [0.5, 0.6) is 11.5 Å².